The predicted molar refractivity (Wildman–Crippen MR) is 74.8 cm³/mol. The summed E-state index contributed by atoms with van der Waals surface area (Å²) >= 11 is 0. The summed E-state index contributed by atoms with van der Waals surface area (Å²) in [5.41, 5.74) is 0.390. The number of carbonyl (C=O) groups excluding carboxylic acids is 1. The van der Waals surface area contributed by atoms with Gasteiger partial charge in [0.15, 0.2) is 0 Å². The molecule has 0 rings (SSSR count). The summed E-state index contributed by atoms with van der Waals surface area (Å²) in [6.07, 6.45) is 4.18. The molecule has 0 heterocycles. The molecule has 17 heavy (non-hydrogen) atoms. The zero-order chi connectivity index (χ0) is 13.5. The molecule has 1 nitrogen and oxygen atoms in total. The quantitative estimate of drug-likeness (QED) is 0.637. The van der Waals surface area contributed by atoms with Crippen molar-refractivity contribution < 1.29 is 4.79 Å². The Balaban J connectivity index is 3.71. The molecule has 0 saturated carbocycles. The highest BCUT2D eigenvalue weighted by atomic mass is 16.1. The van der Waals surface area contributed by atoms with Gasteiger partial charge in [-0.1, -0.05) is 26.7 Å². The van der Waals surface area contributed by atoms with E-state index >= 15 is 0 Å². The number of hydrogen-bond acceptors (Lipinski definition) is 1. The molecule has 0 bridgehead atoms. The molecular formula is C16H28O. The minimum atomic E-state index is 0.0509. The van der Waals surface area contributed by atoms with E-state index in [0.29, 0.717) is 30.5 Å². The van der Waals surface area contributed by atoms with Gasteiger partial charge < -0.3 is 0 Å². The lowest BCUT2D eigenvalue weighted by Crippen LogP contribution is -2.06. The van der Waals surface area contributed by atoms with Gasteiger partial charge in [-0.15, -0.1) is 5.92 Å². The maximum absolute atomic E-state index is 11.6. The summed E-state index contributed by atoms with van der Waals surface area (Å²) in [7, 11) is 0. The number of ketones is 1. The molecule has 0 aliphatic carbocycles. The van der Waals surface area contributed by atoms with E-state index in [4.69, 9.17) is 0 Å². The van der Waals surface area contributed by atoms with E-state index in [2.05, 4.69) is 53.4 Å². The van der Waals surface area contributed by atoms with Gasteiger partial charge in [-0.25, -0.2) is 0 Å². The Hall–Kier alpha value is -0.770. The van der Waals surface area contributed by atoms with Crippen molar-refractivity contribution in [3.05, 3.63) is 0 Å². The zero-order valence-corrected chi connectivity index (χ0v) is 12.4. The summed E-state index contributed by atoms with van der Waals surface area (Å²) in [4.78, 5) is 11.6. The Morgan fingerprint density at radius 1 is 1.00 bits per heavy atom. The fourth-order valence-corrected chi connectivity index (χ4v) is 1.47. The Kier molecular flexibility index (Phi) is 6.53. The number of Topliss-reactive ketones (excluding diaryl/α,β-unsaturated/α-hetero) is 1. The van der Waals surface area contributed by atoms with Gasteiger partial charge in [0, 0.05) is 24.7 Å². The predicted octanol–water partition coefficient (Wildman–Crippen LogP) is 4.60. The van der Waals surface area contributed by atoms with Crippen molar-refractivity contribution in [1.29, 1.82) is 0 Å². The third kappa shape index (κ3) is 13.2. The molecule has 0 aliphatic heterocycles. The van der Waals surface area contributed by atoms with Crippen LogP contribution in [0.5, 0.6) is 0 Å². The average Bonchev–Trinajstić information content (AvgIpc) is 2.09. The van der Waals surface area contributed by atoms with Gasteiger partial charge in [0.2, 0.25) is 0 Å². The van der Waals surface area contributed by atoms with Crippen LogP contribution < -0.4 is 0 Å². The van der Waals surface area contributed by atoms with Gasteiger partial charge in [-0.05, 0) is 39.0 Å². The van der Waals surface area contributed by atoms with Gasteiger partial charge in [0.25, 0.3) is 0 Å². The molecule has 0 aromatic heterocycles. The largest absolute Gasteiger partial charge is 0.300 e. The topological polar surface area (TPSA) is 17.1 Å². The fraction of sp³-hybridized carbons (Fsp3) is 0.812. The van der Waals surface area contributed by atoms with Gasteiger partial charge >= 0.3 is 0 Å². The molecule has 0 fully saturated rings. The van der Waals surface area contributed by atoms with Crippen LogP contribution in [-0.4, -0.2) is 5.78 Å². The zero-order valence-electron chi connectivity index (χ0n) is 12.4. The highest BCUT2D eigenvalue weighted by molar-refractivity contribution is 5.78. The highest BCUT2D eigenvalue weighted by Crippen LogP contribution is 2.21. The smallest absolute Gasteiger partial charge is 0.133 e. The van der Waals surface area contributed by atoms with Crippen LogP contribution in [0.25, 0.3) is 0 Å². The normalized spacial score (nSPS) is 11.9. The second-order valence-electron chi connectivity index (χ2n) is 7.00. The van der Waals surface area contributed by atoms with Gasteiger partial charge in [0.05, 0.1) is 0 Å². The molecular weight excluding hydrogens is 208 g/mol. The summed E-state index contributed by atoms with van der Waals surface area (Å²) in [5.74, 6) is 6.61. The van der Waals surface area contributed by atoms with Crippen molar-refractivity contribution >= 4 is 5.78 Å². The second kappa shape index (κ2) is 6.84. The van der Waals surface area contributed by atoms with Crippen molar-refractivity contribution in [1.82, 2.24) is 0 Å². The number of carbonyl (C=O) groups is 1. The summed E-state index contributed by atoms with van der Waals surface area (Å²) in [5, 5.41) is 0. The molecule has 98 valence electrons. The first-order valence-corrected chi connectivity index (χ1v) is 6.62. The number of rotatable bonds is 5. The van der Waals surface area contributed by atoms with E-state index < -0.39 is 0 Å². The van der Waals surface area contributed by atoms with Crippen molar-refractivity contribution in [3.63, 3.8) is 0 Å². The van der Waals surface area contributed by atoms with Crippen LogP contribution in [0.4, 0.5) is 0 Å². The van der Waals surface area contributed by atoms with Crippen molar-refractivity contribution in [2.24, 2.45) is 10.8 Å². The van der Waals surface area contributed by atoms with Gasteiger partial charge in [0.1, 0.15) is 5.78 Å². The lowest BCUT2D eigenvalue weighted by atomic mass is 9.89. The van der Waals surface area contributed by atoms with Crippen molar-refractivity contribution in [3.8, 4) is 11.8 Å². The first kappa shape index (κ1) is 16.2. The Labute approximate surface area is 107 Å². The van der Waals surface area contributed by atoms with Crippen LogP contribution in [0.3, 0.4) is 0 Å². The molecule has 0 radical (unpaired) electrons. The Morgan fingerprint density at radius 2 is 1.59 bits per heavy atom. The van der Waals surface area contributed by atoms with E-state index in [1.807, 2.05) is 0 Å². The van der Waals surface area contributed by atoms with Crippen molar-refractivity contribution in [2.75, 3.05) is 0 Å². The molecule has 0 saturated heterocycles. The molecule has 0 spiro atoms. The summed E-state index contributed by atoms with van der Waals surface area (Å²) < 4.78 is 0. The van der Waals surface area contributed by atoms with E-state index in [1.165, 1.54) is 0 Å². The monoisotopic (exact) mass is 236 g/mol. The van der Waals surface area contributed by atoms with Crippen LogP contribution >= 0.6 is 0 Å². The highest BCUT2D eigenvalue weighted by Gasteiger charge is 2.10. The summed E-state index contributed by atoms with van der Waals surface area (Å²) in [6, 6.07) is 0. The van der Waals surface area contributed by atoms with Crippen molar-refractivity contribution in [2.45, 2.75) is 73.6 Å². The molecule has 0 N–H and O–H groups in total. The second-order valence-corrected chi connectivity index (χ2v) is 7.00. The standard InChI is InChI=1S/C16H28O/c1-15(2,3)12-8-7-10-14(17)11-9-13-16(4,5)6/h7,9-11,13H2,1-6H3. The van der Waals surface area contributed by atoms with Gasteiger partial charge in [-0.2, -0.15) is 0 Å². The Morgan fingerprint density at radius 3 is 2.06 bits per heavy atom. The molecule has 0 atom stereocenters. The van der Waals surface area contributed by atoms with Crippen LogP contribution in [0.2, 0.25) is 0 Å². The molecule has 0 aromatic carbocycles. The first-order chi connectivity index (χ1) is 7.60. The molecule has 0 unspecified atom stereocenters. The third-order valence-corrected chi connectivity index (χ3v) is 2.37. The molecule has 0 aliphatic rings. The average molecular weight is 236 g/mol. The maximum atomic E-state index is 11.6. The maximum Gasteiger partial charge on any atom is 0.133 e. The first-order valence-electron chi connectivity index (χ1n) is 6.62. The van der Waals surface area contributed by atoms with E-state index in [0.717, 1.165) is 12.8 Å². The van der Waals surface area contributed by atoms with E-state index in [-0.39, 0.29) is 5.41 Å². The molecule has 0 amide bonds. The lowest BCUT2D eigenvalue weighted by molar-refractivity contribution is -0.119. The van der Waals surface area contributed by atoms with Crippen LogP contribution in [0.1, 0.15) is 73.6 Å². The van der Waals surface area contributed by atoms with Crippen LogP contribution in [0.15, 0.2) is 0 Å². The lowest BCUT2D eigenvalue weighted by Gasteiger charge is -2.17. The van der Waals surface area contributed by atoms with E-state index in [9.17, 15) is 4.79 Å². The van der Waals surface area contributed by atoms with Crippen LogP contribution in [0, 0.1) is 22.7 Å². The van der Waals surface area contributed by atoms with Crippen LogP contribution in [-0.2, 0) is 4.79 Å². The Bertz CT molecular complexity index is 288. The fourth-order valence-electron chi connectivity index (χ4n) is 1.47. The van der Waals surface area contributed by atoms with E-state index in [1.54, 1.807) is 0 Å². The van der Waals surface area contributed by atoms with Gasteiger partial charge in [-0.3, -0.25) is 4.79 Å². The molecule has 0 aromatic rings. The minimum Gasteiger partial charge on any atom is -0.300 e. The minimum absolute atomic E-state index is 0.0509. The number of hydrogen-bond donors (Lipinski definition) is 0. The third-order valence-electron chi connectivity index (χ3n) is 2.37. The SMILES string of the molecule is CC(C)(C)C#CCCC(=O)CCCC(C)(C)C. The summed E-state index contributed by atoms with van der Waals surface area (Å²) in [6.45, 7) is 12.9. The molecule has 1 heteroatoms.